The van der Waals surface area contributed by atoms with Crippen LogP contribution in [0, 0.1) is 5.92 Å². The van der Waals surface area contributed by atoms with Crippen molar-refractivity contribution in [2.75, 3.05) is 24.3 Å². The zero-order chi connectivity index (χ0) is 23.3. The van der Waals surface area contributed by atoms with Crippen molar-refractivity contribution < 1.29 is 32.2 Å². The molecule has 0 saturated heterocycles. The van der Waals surface area contributed by atoms with Gasteiger partial charge in [-0.25, -0.2) is 9.52 Å². The summed E-state index contributed by atoms with van der Waals surface area (Å²) in [5.41, 5.74) is 0.682. The van der Waals surface area contributed by atoms with Crippen LogP contribution in [0.5, 0.6) is 11.8 Å². The third-order valence-electron chi connectivity index (χ3n) is 4.40. The van der Waals surface area contributed by atoms with Gasteiger partial charge in [-0.3, -0.25) is 14.8 Å². The van der Waals surface area contributed by atoms with E-state index in [0.29, 0.717) is 5.56 Å². The number of amides is 2. The van der Waals surface area contributed by atoms with Crippen molar-refractivity contribution in [2.24, 2.45) is 5.92 Å². The van der Waals surface area contributed by atoms with E-state index in [1.165, 1.54) is 33.3 Å². The Kier molecular flexibility index (Phi) is 6.98. The molecule has 1 fully saturated rings. The number of nitrogens with zero attached hydrogens (tertiary/aromatic N) is 2. The molecule has 0 aliphatic heterocycles. The molecule has 0 spiro atoms. The molecule has 0 bridgehead atoms. The van der Waals surface area contributed by atoms with E-state index >= 15 is 0 Å². The summed E-state index contributed by atoms with van der Waals surface area (Å²) in [5, 5.41) is 2.20. The van der Waals surface area contributed by atoms with Gasteiger partial charge in [-0.1, -0.05) is 18.2 Å². The van der Waals surface area contributed by atoms with E-state index in [-0.39, 0.29) is 29.3 Å². The number of ether oxygens (including phenoxy) is 3. The first-order valence-corrected chi connectivity index (χ1v) is 11.0. The Bertz CT molecular complexity index is 1080. The third kappa shape index (κ3) is 6.20. The Labute approximate surface area is 184 Å². The number of para-hydroxylation sites is 1. The van der Waals surface area contributed by atoms with Crippen molar-refractivity contribution in [3.63, 3.8) is 0 Å². The van der Waals surface area contributed by atoms with Gasteiger partial charge in [-0.2, -0.15) is 18.4 Å². The molecule has 1 atom stereocenters. The maximum absolute atomic E-state index is 12.5. The number of methoxy groups -OCH3 is 2. The average Bonchev–Trinajstić information content (AvgIpc) is 3.56. The predicted molar refractivity (Wildman–Crippen MR) is 114 cm³/mol. The van der Waals surface area contributed by atoms with Crippen molar-refractivity contribution >= 4 is 33.8 Å². The Morgan fingerprint density at radius 2 is 1.72 bits per heavy atom. The van der Waals surface area contributed by atoms with Crippen molar-refractivity contribution in [3.8, 4) is 11.8 Å². The fourth-order valence-corrected chi connectivity index (χ4v) is 3.74. The summed E-state index contributed by atoms with van der Waals surface area (Å²) in [6.45, 7) is 1.30. The van der Waals surface area contributed by atoms with E-state index in [0.717, 1.165) is 12.8 Å². The number of anilines is 2. The largest absolute Gasteiger partial charge is 0.481 e. The average molecular weight is 465 g/mol. The zero-order valence-electron chi connectivity index (χ0n) is 17.6. The van der Waals surface area contributed by atoms with Gasteiger partial charge in [0.1, 0.15) is 6.10 Å². The second-order valence-corrected chi connectivity index (χ2v) is 8.31. The third-order valence-corrected chi connectivity index (χ3v) is 5.35. The molecule has 12 nitrogen and oxygen atoms in total. The number of aromatic nitrogens is 2. The maximum Gasteiger partial charge on any atom is 0.336 e. The highest BCUT2D eigenvalue weighted by Crippen LogP contribution is 2.45. The van der Waals surface area contributed by atoms with Gasteiger partial charge in [0.15, 0.2) is 0 Å². The van der Waals surface area contributed by atoms with Crippen LogP contribution in [0.1, 0.15) is 31.4 Å². The van der Waals surface area contributed by atoms with Crippen molar-refractivity contribution in [3.05, 3.63) is 35.9 Å². The summed E-state index contributed by atoms with van der Waals surface area (Å²) >= 11 is 0. The van der Waals surface area contributed by atoms with E-state index in [1.807, 2.05) is 4.72 Å². The van der Waals surface area contributed by atoms with Crippen LogP contribution in [0.3, 0.4) is 0 Å². The lowest BCUT2D eigenvalue weighted by atomic mass is 10.0. The Morgan fingerprint density at radius 3 is 2.28 bits per heavy atom. The summed E-state index contributed by atoms with van der Waals surface area (Å²) in [6.07, 6.45) is 1.14. The molecule has 172 valence electrons. The molecule has 3 rings (SSSR count). The topological polar surface area (TPSA) is 158 Å². The molecule has 1 aliphatic carbocycles. The summed E-state index contributed by atoms with van der Waals surface area (Å²) in [5.74, 6) is -0.359. The summed E-state index contributed by atoms with van der Waals surface area (Å²) in [6, 6.07) is 6.79. The fourth-order valence-electron chi connectivity index (χ4n) is 2.92. The molecule has 1 aliphatic rings. The van der Waals surface area contributed by atoms with E-state index in [2.05, 4.69) is 20.0 Å². The van der Waals surface area contributed by atoms with E-state index < -0.39 is 28.3 Å². The number of carbonyl (C=O) groups excluding carboxylic acids is 2. The van der Waals surface area contributed by atoms with Crippen LogP contribution in [0.25, 0.3) is 0 Å². The smallest absolute Gasteiger partial charge is 0.336 e. The first-order valence-electron chi connectivity index (χ1n) is 9.55. The van der Waals surface area contributed by atoms with Gasteiger partial charge in [0.05, 0.1) is 26.0 Å². The molecule has 1 heterocycles. The zero-order valence-corrected chi connectivity index (χ0v) is 18.4. The van der Waals surface area contributed by atoms with Crippen LogP contribution in [-0.2, 0) is 19.7 Å². The summed E-state index contributed by atoms with van der Waals surface area (Å²) in [4.78, 5) is 31.5. The molecule has 0 radical (unpaired) electrons. The van der Waals surface area contributed by atoms with Gasteiger partial charge in [0.2, 0.25) is 17.7 Å². The molecule has 2 aromatic rings. The lowest BCUT2D eigenvalue weighted by Crippen LogP contribution is -2.38. The van der Waals surface area contributed by atoms with Crippen LogP contribution in [0.15, 0.2) is 30.3 Å². The molecule has 3 N–H and O–H groups in total. The Balaban J connectivity index is 1.73. The van der Waals surface area contributed by atoms with Crippen LogP contribution < -0.4 is 24.2 Å². The van der Waals surface area contributed by atoms with Gasteiger partial charge in [0, 0.05) is 18.4 Å². The van der Waals surface area contributed by atoms with Gasteiger partial charge in [-0.05, 0) is 18.9 Å². The Hall–Kier alpha value is -3.61. The van der Waals surface area contributed by atoms with Gasteiger partial charge in [0.25, 0.3) is 0 Å². The standard InChI is InChI=1S/C19H23N5O7S/c1-11(25)31-17(12-8-9-12)13-6-4-5-7-14(13)23-32(27,28)24-19(26)22-18-20-15(29-2)10-16(21-18)30-3/h4-7,10,12,17,23H,8-9H2,1-3H3,(H2,20,21,22,24,26). The molecule has 1 aromatic carbocycles. The number of carbonyl (C=O) groups is 2. The molecular formula is C19H23N5O7S. The first-order chi connectivity index (χ1) is 15.2. The number of rotatable bonds is 9. The van der Waals surface area contributed by atoms with E-state index in [9.17, 15) is 18.0 Å². The van der Waals surface area contributed by atoms with Crippen LogP contribution in [-0.4, -0.2) is 44.6 Å². The minimum absolute atomic E-state index is 0.110. The number of urea groups is 1. The quantitative estimate of drug-likeness (QED) is 0.471. The van der Waals surface area contributed by atoms with E-state index in [4.69, 9.17) is 14.2 Å². The minimum Gasteiger partial charge on any atom is -0.481 e. The maximum atomic E-state index is 12.5. The lowest BCUT2D eigenvalue weighted by molar-refractivity contribution is -0.147. The second kappa shape index (κ2) is 9.68. The number of esters is 1. The highest BCUT2D eigenvalue weighted by Gasteiger charge is 2.36. The highest BCUT2D eigenvalue weighted by atomic mass is 32.2. The minimum atomic E-state index is -4.35. The van der Waals surface area contributed by atoms with Gasteiger partial charge in [-0.15, -0.1) is 0 Å². The van der Waals surface area contributed by atoms with Crippen LogP contribution in [0.2, 0.25) is 0 Å². The number of hydrogen-bond donors (Lipinski definition) is 3. The van der Waals surface area contributed by atoms with Crippen molar-refractivity contribution in [1.82, 2.24) is 14.7 Å². The fraction of sp³-hybridized carbons (Fsp3) is 0.368. The summed E-state index contributed by atoms with van der Waals surface area (Å²) < 4.78 is 44.6. The monoisotopic (exact) mass is 465 g/mol. The number of benzene rings is 1. The molecule has 1 saturated carbocycles. The second-order valence-electron chi connectivity index (χ2n) is 6.89. The van der Waals surface area contributed by atoms with Crippen LogP contribution in [0.4, 0.5) is 16.4 Å². The van der Waals surface area contributed by atoms with Gasteiger partial charge < -0.3 is 14.2 Å². The number of hydrogen-bond acceptors (Lipinski definition) is 9. The van der Waals surface area contributed by atoms with Crippen LogP contribution >= 0.6 is 0 Å². The van der Waals surface area contributed by atoms with Crippen molar-refractivity contribution in [2.45, 2.75) is 25.9 Å². The Morgan fingerprint density at radius 1 is 1.09 bits per heavy atom. The van der Waals surface area contributed by atoms with Crippen molar-refractivity contribution in [1.29, 1.82) is 0 Å². The molecule has 1 aromatic heterocycles. The highest BCUT2D eigenvalue weighted by molar-refractivity contribution is 7.91. The molecule has 2 amide bonds. The first kappa shape index (κ1) is 23.1. The molecular weight excluding hydrogens is 442 g/mol. The molecule has 32 heavy (non-hydrogen) atoms. The van der Waals surface area contributed by atoms with E-state index in [1.54, 1.807) is 18.2 Å². The normalized spacial score (nSPS) is 14.1. The lowest BCUT2D eigenvalue weighted by Gasteiger charge is -2.20. The SMILES string of the molecule is COc1cc(OC)nc(NC(=O)NS(=O)(=O)Nc2ccccc2C(OC(C)=O)C2CC2)n1. The summed E-state index contributed by atoms with van der Waals surface area (Å²) in [7, 11) is -1.62. The molecule has 1 unspecified atom stereocenters. The molecule has 13 heteroatoms. The van der Waals surface area contributed by atoms with Gasteiger partial charge >= 0.3 is 22.2 Å². The number of nitrogens with one attached hydrogen (secondary N) is 3. The predicted octanol–water partition coefficient (Wildman–Crippen LogP) is 1.99.